The largest absolute Gasteiger partial charge is 0.465 e. The Balaban J connectivity index is 2.56. The number of cyclic esters (lactones) is 1. The lowest BCUT2D eigenvalue weighted by Gasteiger charge is -2.07. The Hall–Kier alpha value is -1.32. The van der Waals surface area contributed by atoms with Gasteiger partial charge in [0.1, 0.15) is 0 Å². The Kier molecular flexibility index (Phi) is 3.06. The first-order chi connectivity index (χ1) is 6.16. The first kappa shape index (κ1) is 9.77. The molecule has 4 nitrogen and oxygen atoms in total. The zero-order chi connectivity index (χ0) is 9.84. The molecule has 0 spiro atoms. The lowest BCUT2D eigenvalue weighted by molar-refractivity contribution is -0.144. The Morgan fingerprint density at radius 1 is 1.77 bits per heavy atom. The van der Waals surface area contributed by atoms with Crippen LogP contribution in [0.3, 0.4) is 0 Å². The maximum atomic E-state index is 11.1. The summed E-state index contributed by atoms with van der Waals surface area (Å²) in [5.74, 6) is -1.39. The van der Waals surface area contributed by atoms with E-state index in [1.165, 1.54) is 0 Å². The average Bonchev–Trinajstić information content (AvgIpc) is 2.50. The molecular weight excluding hydrogens is 172 g/mol. The third kappa shape index (κ3) is 2.08. The van der Waals surface area contributed by atoms with Gasteiger partial charge in [0.05, 0.1) is 19.1 Å². The standard InChI is InChI=1S/C9H12O4/c1-3-12-8(10)6(2)7-4-5-13-9(7)11/h7H,2-5H2,1H3. The molecule has 4 heteroatoms. The van der Waals surface area contributed by atoms with Gasteiger partial charge in [0, 0.05) is 5.57 Å². The minimum absolute atomic E-state index is 0.198. The fraction of sp³-hybridized carbons (Fsp3) is 0.556. The van der Waals surface area contributed by atoms with Crippen LogP contribution in [0.25, 0.3) is 0 Å². The number of rotatable bonds is 3. The van der Waals surface area contributed by atoms with Gasteiger partial charge in [-0.3, -0.25) is 4.79 Å². The first-order valence-corrected chi connectivity index (χ1v) is 4.19. The fourth-order valence-corrected chi connectivity index (χ4v) is 1.18. The summed E-state index contributed by atoms with van der Waals surface area (Å²) in [6, 6.07) is 0. The number of hydrogen-bond acceptors (Lipinski definition) is 4. The predicted molar refractivity (Wildman–Crippen MR) is 44.8 cm³/mol. The highest BCUT2D eigenvalue weighted by molar-refractivity contribution is 5.95. The van der Waals surface area contributed by atoms with Crippen LogP contribution in [0.4, 0.5) is 0 Å². The van der Waals surface area contributed by atoms with Crippen LogP contribution in [0, 0.1) is 5.92 Å². The Labute approximate surface area is 76.5 Å². The van der Waals surface area contributed by atoms with Crippen LogP contribution in [-0.2, 0) is 19.1 Å². The molecule has 0 bridgehead atoms. The number of carbonyl (C=O) groups is 2. The maximum Gasteiger partial charge on any atom is 0.334 e. The van der Waals surface area contributed by atoms with E-state index in [0.29, 0.717) is 19.6 Å². The van der Waals surface area contributed by atoms with Crippen molar-refractivity contribution in [1.82, 2.24) is 0 Å². The fourth-order valence-electron chi connectivity index (χ4n) is 1.18. The second-order valence-electron chi connectivity index (χ2n) is 2.75. The van der Waals surface area contributed by atoms with E-state index in [4.69, 9.17) is 9.47 Å². The van der Waals surface area contributed by atoms with E-state index in [1.807, 2.05) is 0 Å². The number of ether oxygens (including phenoxy) is 2. The Morgan fingerprint density at radius 2 is 2.46 bits per heavy atom. The second-order valence-corrected chi connectivity index (χ2v) is 2.75. The third-order valence-electron chi connectivity index (χ3n) is 1.89. The van der Waals surface area contributed by atoms with Crippen LogP contribution in [0.15, 0.2) is 12.2 Å². The van der Waals surface area contributed by atoms with Gasteiger partial charge in [-0.1, -0.05) is 6.58 Å². The third-order valence-corrected chi connectivity index (χ3v) is 1.89. The van der Waals surface area contributed by atoms with E-state index >= 15 is 0 Å². The van der Waals surface area contributed by atoms with E-state index < -0.39 is 11.9 Å². The molecule has 0 aromatic heterocycles. The molecule has 1 unspecified atom stereocenters. The predicted octanol–water partition coefficient (Wildman–Crippen LogP) is 0.669. The molecule has 0 aromatic carbocycles. The van der Waals surface area contributed by atoms with E-state index in [1.54, 1.807) is 6.92 Å². The quantitative estimate of drug-likeness (QED) is 0.478. The van der Waals surface area contributed by atoms with E-state index in [2.05, 4.69) is 6.58 Å². The van der Waals surface area contributed by atoms with Crippen molar-refractivity contribution >= 4 is 11.9 Å². The zero-order valence-corrected chi connectivity index (χ0v) is 7.54. The molecule has 1 aliphatic rings. The normalized spacial score (nSPS) is 21.0. The van der Waals surface area contributed by atoms with Crippen molar-refractivity contribution in [3.8, 4) is 0 Å². The number of carbonyl (C=O) groups excluding carboxylic acids is 2. The Morgan fingerprint density at radius 3 is 2.92 bits per heavy atom. The molecule has 0 saturated carbocycles. The molecule has 1 saturated heterocycles. The summed E-state index contributed by atoms with van der Waals surface area (Å²) >= 11 is 0. The summed E-state index contributed by atoms with van der Waals surface area (Å²) in [6.07, 6.45) is 0.524. The van der Waals surface area contributed by atoms with Gasteiger partial charge in [-0.25, -0.2) is 4.79 Å². The minimum atomic E-state index is -0.508. The topological polar surface area (TPSA) is 52.6 Å². The number of esters is 2. The van der Waals surface area contributed by atoms with Crippen molar-refractivity contribution in [3.05, 3.63) is 12.2 Å². The lowest BCUT2D eigenvalue weighted by Crippen LogP contribution is -2.18. The minimum Gasteiger partial charge on any atom is -0.465 e. The van der Waals surface area contributed by atoms with Crippen LogP contribution in [0.1, 0.15) is 13.3 Å². The molecule has 1 heterocycles. The molecule has 1 aliphatic heterocycles. The lowest BCUT2D eigenvalue weighted by atomic mass is 9.99. The van der Waals surface area contributed by atoms with Crippen molar-refractivity contribution in [1.29, 1.82) is 0 Å². The molecule has 0 amide bonds. The molecular formula is C9H12O4. The average molecular weight is 184 g/mol. The van der Waals surface area contributed by atoms with Gasteiger partial charge in [0.15, 0.2) is 0 Å². The summed E-state index contributed by atoms with van der Waals surface area (Å²) in [5.41, 5.74) is 0.198. The van der Waals surface area contributed by atoms with Gasteiger partial charge in [0.25, 0.3) is 0 Å². The van der Waals surface area contributed by atoms with Crippen molar-refractivity contribution in [2.24, 2.45) is 5.92 Å². The maximum absolute atomic E-state index is 11.1. The summed E-state index contributed by atoms with van der Waals surface area (Å²) in [6.45, 7) is 5.89. The highest BCUT2D eigenvalue weighted by atomic mass is 16.5. The SMILES string of the molecule is C=C(C(=O)OCC)C1CCOC1=O. The Bertz CT molecular complexity index is 244. The highest BCUT2D eigenvalue weighted by Crippen LogP contribution is 2.22. The van der Waals surface area contributed by atoms with Crippen LogP contribution in [-0.4, -0.2) is 25.2 Å². The molecule has 0 aliphatic carbocycles. The second kappa shape index (κ2) is 4.07. The molecule has 1 rings (SSSR count). The molecule has 1 fully saturated rings. The summed E-state index contributed by atoms with van der Waals surface area (Å²) < 4.78 is 9.43. The van der Waals surface area contributed by atoms with Gasteiger partial charge in [-0.05, 0) is 13.3 Å². The van der Waals surface area contributed by atoms with Crippen molar-refractivity contribution in [2.45, 2.75) is 13.3 Å². The summed E-state index contributed by atoms with van der Waals surface area (Å²) in [7, 11) is 0. The van der Waals surface area contributed by atoms with E-state index in [9.17, 15) is 9.59 Å². The molecule has 72 valence electrons. The van der Waals surface area contributed by atoms with Crippen LogP contribution in [0.5, 0.6) is 0 Å². The van der Waals surface area contributed by atoms with Gasteiger partial charge in [-0.2, -0.15) is 0 Å². The van der Waals surface area contributed by atoms with E-state index in [-0.39, 0.29) is 11.5 Å². The number of hydrogen-bond donors (Lipinski definition) is 0. The van der Waals surface area contributed by atoms with Crippen molar-refractivity contribution < 1.29 is 19.1 Å². The van der Waals surface area contributed by atoms with Gasteiger partial charge >= 0.3 is 11.9 Å². The monoisotopic (exact) mass is 184 g/mol. The molecule has 13 heavy (non-hydrogen) atoms. The molecule has 0 N–H and O–H groups in total. The van der Waals surface area contributed by atoms with Crippen LogP contribution in [0.2, 0.25) is 0 Å². The van der Waals surface area contributed by atoms with Gasteiger partial charge < -0.3 is 9.47 Å². The van der Waals surface area contributed by atoms with Crippen LogP contribution >= 0.6 is 0 Å². The summed E-state index contributed by atoms with van der Waals surface area (Å²) in [5, 5.41) is 0. The van der Waals surface area contributed by atoms with Gasteiger partial charge in [0.2, 0.25) is 0 Å². The smallest absolute Gasteiger partial charge is 0.334 e. The van der Waals surface area contributed by atoms with Crippen molar-refractivity contribution in [3.63, 3.8) is 0 Å². The highest BCUT2D eigenvalue weighted by Gasteiger charge is 2.32. The summed E-state index contributed by atoms with van der Waals surface area (Å²) in [4.78, 5) is 22.2. The van der Waals surface area contributed by atoms with Crippen molar-refractivity contribution in [2.75, 3.05) is 13.2 Å². The van der Waals surface area contributed by atoms with E-state index in [0.717, 1.165) is 0 Å². The molecule has 0 aromatic rings. The van der Waals surface area contributed by atoms with Gasteiger partial charge in [-0.15, -0.1) is 0 Å². The van der Waals surface area contributed by atoms with Crippen LogP contribution < -0.4 is 0 Å². The molecule has 1 atom stereocenters. The zero-order valence-electron chi connectivity index (χ0n) is 7.54. The first-order valence-electron chi connectivity index (χ1n) is 4.19. The molecule has 0 radical (unpaired) electrons.